The molecule has 2 rings (SSSR count). The lowest BCUT2D eigenvalue weighted by molar-refractivity contribution is -0.136. The first kappa shape index (κ1) is 15.1. The fourth-order valence-electron chi connectivity index (χ4n) is 2.30. The van der Waals surface area contributed by atoms with Gasteiger partial charge in [0.1, 0.15) is 17.7 Å². The molecule has 1 unspecified atom stereocenters. The van der Waals surface area contributed by atoms with Crippen LogP contribution in [0, 0.1) is 11.6 Å². The van der Waals surface area contributed by atoms with Gasteiger partial charge in [-0.3, -0.25) is 9.69 Å². The second-order valence-electron chi connectivity index (χ2n) is 5.33. The summed E-state index contributed by atoms with van der Waals surface area (Å²) in [5.74, 6) is -1.49. The molecule has 0 aromatic heterocycles. The maximum atomic E-state index is 13.5. The van der Waals surface area contributed by atoms with E-state index >= 15 is 0 Å². The second-order valence-corrected chi connectivity index (χ2v) is 5.33. The van der Waals surface area contributed by atoms with Gasteiger partial charge >= 0.3 is 0 Å². The van der Waals surface area contributed by atoms with Crippen molar-refractivity contribution in [3.05, 3.63) is 35.4 Å². The molecule has 1 heterocycles. The summed E-state index contributed by atoms with van der Waals surface area (Å²) in [6, 6.07) is 3.61. The first-order valence-corrected chi connectivity index (χ1v) is 6.79. The third-order valence-electron chi connectivity index (χ3n) is 3.57. The summed E-state index contributed by atoms with van der Waals surface area (Å²) >= 11 is 0. The van der Waals surface area contributed by atoms with Crippen molar-refractivity contribution < 1.29 is 18.3 Å². The molecule has 110 valence electrons. The minimum atomic E-state index is -0.685. The predicted molar refractivity (Wildman–Crippen MR) is 71.5 cm³/mol. The number of benzene rings is 1. The van der Waals surface area contributed by atoms with Crippen LogP contribution in [-0.2, 0) is 16.0 Å². The van der Waals surface area contributed by atoms with Crippen LogP contribution in [0.5, 0.6) is 0 Å². The fourth-order valence-corrected chi connectivity index (χ4v) is 2.30. The highest BCUT2D eigenvalue weighted by Gasteiger charge is 2.28. The highest BCUT2D eigenvalue weighted by Crippen LogP contribution is 2.15. The summed E-state index contributed by atoms with van der Waals surface area (Å²) in [6.07, 6.45) is -0.599. The van der Waals surface area contributed by atoms with Gasteiger partial charge in [0, 0.05) is 31.6 Å². The summed E-state index contributed by atoms with van der Waals surface area (Å²) in [7, 11) is 0. The van der Waals surface area contributed by atoms with Crippen LogP contribution in [0.15, 0.2) is 18.2 Å². The minimum Gasteiger partial charge on any atom is -0.368 e. The normalized spacial score (nSPS) is 20.4. The Hall–Kier alpha value is -1.33. The Balaban J connectivity index is 2.00. The predicted octanol–water partition coefficient (Wildman–Crippen LogP) is 2.19. The molecule has 1 saturated heterocycles. The molecule has 0 aliphatic carbocycles. The van der Waals surface area contributed by atoms with E-state index in [-0.39, 0.29) is 17.8 Å². The summed E-state index contributed by atoms with van der Waals surface area (Å²) in [4.78, 5) is 14.3. The lowest BCUT2D eigenvalue weighted by Crippen LogP contribution is -2.49. The van der Waals surface area contributed by atoms with Crippen LogP contribution in [-0.4, -0.2) is 42.5 Å². The van der Waals surface area contributed by atoms with Crippen LogP contribution in [0.4, 0.5) is 8.78 Å². The lowest BCUT2D eigenvalue weighted by atomic mass is 10.0. The van der Waals surface area contributed by atoms with Gasteiger partial charge in [-0.1, -0.05) is 6.07 Å². The van der Waals surface area contributed by atoms with E-state index in [2.05, 4.69) is 18.7 Å². The molecule has 1 aromatic rings. The number of nitrogens with zero attached hydrogens (tertiary/aromatic N) is 1. The van der Waals surface area contributed by atoms with E-state index in [1.165, 1.54) is 6.07 Å². The number of Topliss-reactive ketones (excluding diaryl/α,β-unsaturated/α-hetero) is 1. The third-order valence-corrected chi connectivity index (χ3v) is 3.57. The Bertz CT molecular complexity index is 491. The maximum absolute atomic E-state index is 13.5. The Morgan fingerprint density at radius 1 is 1.45 bits per heavy atom. The largest absolute Gasteiger partial charge is 0.368 e. The molecule has 0 spiro atoms. The molecule has 0 saturated carbocycles. The number of rotatable bonds is 4. The number of carbonyl (C=O) groups is 1. The zero-order valence-corrected chi connectivity index (χ0v) is 11.7. The fraction of sp³-hybridized carbons (Fsp3) is 0.533. The molecule has 0 radical (unpaired) electrons. The average molecular weight is 283 g/mol. The van der Waals surface area contributed by atoms with Crippen LogP contribution in [0.1, 0.15) is 19.4 Å². The van der Waals surface area contributed by atoms with Gasteiger partial charge in [-0.25, -0.2) is 8.78 Å². The van der Waals surface area contributed by atoms with Crippen LogP contribution in [0.25, 0.3) is 0 Å². The molecular formula is C15H19F2NO2. The van der Waals surface area contributed by atoms with Crippen LogP contribution in [0.3, 0.4) is 0 Å². The standard InChI is InChI=1S/C15H19F2NO2/c1-10(2)18-5-6-20-15(9-18)14(19)7-11-3-4-12(16)8-13(11)17/h3-4,8,10,15H,5-7,9H2,1-2H3. The summed E-state index contributed by atoms with van der Waals surface area (Å²) < 4.78 is 31.8. The number of halogens is 2. The first-order chi connectivity index (χ1) is 9.47. The molecule has 1 atom stereocenters. The van der Waals surface area contributed by atoms with E-state index in [9.17, 15) is 13.6 Å². The molecule has 0 bridgehead atoms. The molecule has 20 heavy (non-hydrogen) atoms. The van der Waals surface area contributed by atoms with E-state index in [4.69, 9.17) is 4.74 Å². The molecule has 3 nitrogen and oxygen atoms in total. The van der Waals surface area contributed by atoms with Crippen molar-refractivity contribution in [2.24, 2.45) is 0 Å². The summed E-state index contributed by atoms with van der Waals surface area (Å²) in [6.45, 7) is 5.95. The van der Waals surface area contributed by atoms with Crippen molar-refractivity contribution in [2.75, 3.05) is 19.7 Å². The van der Waals surface area contributed by atoms with Gasteiger partial charge in [0.15, 0.2) is 5.78 Å². The third kappa shape index (κ3) is 3.61. The smallest absolute Gasteiger partial charge is 0.167 e. The number of hydrogen-bond donors (Lipinski definition) is 0. The number of carbonyl (C=O) groups excluding carboxylic acids is 1. The van der Waals surface area contributed by atoms with Crippen LogP contribution in [0.2, 0.25) is 0 Å². The van der Waals surface area contributed by atoms with Crippen molar-refractivity contribution in [3.63, 3.8) is 0 Å². The molecule has 1 aromatic carbocycles. The van der Waals surface area contributed by atoms with E-state index in [1.54, 1.807) is 0 Å². The molecular weight excluding hydrogens is 264 g/mol. The lowest BCUT2D eigenvalue weighted by Gasteiger charge is -2.34. The van der Waals surface area contributed by atoms with E-state index in [1.807, 2.05) is 0 Å². The monoisotopic (exact) mass is 283 g/mol. The van der Waals surface area contributed by atoms with Crippen LogP contribution < -0.4 is 0 Å². The van der Waals surface area contributed by atoms with Crippen molar-refractivity contribution in [3.8, 4) is 0 Å². The number of morpholine rings is 1. The van der Waals surface area contributed by atoms with Crippen LogP contribution >= 0.6 is 0 Å². The molecule has 1 fully saturated rings. The molecule has 0 N–H and O–H groups in total. The Kier molecular flexibility index (Phi) is 4.83. The quantitative estimate of drug-likeness (QED) is 0.848. The van der Waals surface area contributed by atoms with Crippen molar-refractivity contribution in [1.29, 1.82) is 0 Å². The van der Waals surface area contributed by atoms with Gasteiger partial charge in [0.05, 0.1) is 6.61 Å². The SMILES string of the molecule is CC(C)N1CCOC(C(=O)Cc2ccc(F)cc2F)C1. The van der Waals surface area contributed by atoms with E-state index in [0.717, 1.165) is 18.7 Å². The zero-order chi connectivity index (χ0) is 14.7. The van der Waals surface area contributed by atoms with Crippen molar-refractivity contribution in [2.45, 2.75) is 32.4 Å². The zero-order valence-electron chi connectivity index (χ0n) is 11.7. The molecule has 5 heteroatoms. The molecule has 0 amide bonds. The van der Waals surface area contributed by atoms with Crippen molar-refractivity contribution in [1.82, 2.24) is 4.90 Å². The summed E-state index contributed by atoms with van der Waals surface area (Å²) in [5.41, 5.74) is 0.210. The molecule has 1 aliphatic heterocycles. The highest BCUT2D eigenvalue weighted by molar-refractivity contribution is 5.85. The Labute approximate surface area is 117 Å². The van der Waals surface area contributed by atoms with Gasteiger partial charge in [0.2, 0.25) is 0 Å². The van der Waals surface area contributed by atoms with Crippen molar-refractivity contribution >= 4 is 5.78 Å². The number of hydrogen-bond acceptors (Lipinski definition) is 3. The van der Waals surface area contributed by atoms with Gasteiger partial charge in [0.25, 0.3) is 0 Å². The van der Waals surface area contributed by atoms with Gasteiger partial charge in [-0.05, 0) is 25.5 Å². The Morgan fingerprint density at radius 3 is 2.85 bits per heavy atom. The summed E-state index contributed by atoms with van der Waals surface area (Å²) in [5, 5.41) is 0. The second kappa shape index (κ2) is 6.41. The average Bonchev–Trinajstić information content (AvgIpc) is 2.42. The van der Waals surface area contributed by atoms with Gasteiger partial charge in [-0.15, -0.1) is 0 Å². The number of ether oxygens (including phenoxy) is 1. The van der Waals surface area contributed by atoms with E-state index in [0.29, 0.717) is 19.2 Å². The van der Waals surface area contributed by atoms with Gasteiger partial charge in [-0.2, -0.15) is 0 Å². The maximum Gasteiger partial charge on any atom is 0.167 e. The van der Waals surface area contributed by atoms with Gasteiger partial charge < -0.3 is 4.74 Å². The first-order valence-electron chi connectivity index (χ1n) is 6.79. The molecule has 1 aliphatic rings. The Morgan fingerprint density at radius 2 is 2.20 bits per heavy atom. The topological polar surface area (TPSA) is 29.5 Å². The minimum absolute atomic E-state index is 0.0668. The number of ketones is 1. The van der Waals surface area contributed by atoms with E-state index < -0.39 is 17.7 Å². The highest BCUT2D eigenvalue weighted by atomic mass is 19.1.